The highest BCUT2D eigenvalue weighted by molar-refractivity contribution is 7.46. The Kier molecular flexibility index (Phi) is 26.9. The number of ether oxygens (including phenoxy) is 2. The van der Waals surface area contributed by atoms with Crippen LogP contribution in [0.5, 0.6) is 0 Å². The van der Waals surface area contributed by atoms with E-state index in [-0.39, 0.29) is 12.6 Å². The first-order chi connectivity index (χ1) is 18.4. The second kappa shape index (κ2) is 27.6. The molecule has 10 heteroatoms. The van der Waals surface area contributed by atoms with E-state index in [0.717, 1.165) is 64.3 Å². The van der Waals surface area contributed by atoms with E-state index in [9.17, 15) is 14.2 Å². The fraction of sp³-hybridized carbons (Fsp3) is 0.929. The van der Waals surface area contributed by atoms with Gasteiger partial charge in [0, 0.05) is 13.0 Å². The third-order valence-electron chi connectivity index (χ3n) is 6.52. The van der Waals surface area contributed by atoms with Crippen LogP contribution in [0.25, 0.3) is 0 Å². The maximum atomic E-state index is 12.3. The Morgan fingerprint density at radius 1 is 0.789 bits per heavy atom. The van der Waals surface area contributed by atoms with Crippen molar-refractivity contribution in [2.75, 3.05) is 26.3 Å². The van der Waals surface area contributed by atoms with E-state index in [1.165, 1.54) is 64.2 Å². The predicted molar refractivity (Wildman–Crippen MR) is 151 cm³/mol. The minimum atomic E-state index is -4.62. The minimum absolute atomic E-state index is 0.298. The van der Waals surface area contributed by atoms with Gasteiger partial charge < -0.3 is 24.6 Å². The Morgan fingerprint density at radius 3 is 1.82 bits per heavy atom. The Bertz CT molecular complexity index is 587. The summed E-state index contributed by atoms with van der Waals surface area (Å²) < 4.78 is 25.8. The molecule has 0 spiro atoms. The van der Waals surface area contributed by atoms with Gasteiger partial charge in [0.25, 0.3) is 6.47 Å². The Balaban J connectivity index is 3.88. The molecule has 0 aromatic heterocycles. The van der Waals surface area contributed by atoms with Crippen molar-refractivity contribution in [2.45, 2.75) is 141 Å². The molecule has 0 aromatic rings. The standard InChI is InChI=1S/C28H56NO8P/c1-2-3-4-5-6-7-8-9-12-15-18-21-28(31)37-27(25-36-38(32,33)34)24-29-22-19-16-13-10-11-14-17-20-23-35-26-30/h26-27,29H,2-25H2,1H3,(H2,32,33,34)/t27-/m0/s1. The quantitative estimate of drug-likeness (QED) is 0.0382. The van der Waals surface area contributed by atoms with Crippen LogP contribution < -0.4 is 5.32 Å². The van der Waals surface area contributed by atoms with Gasteiger partial charge in [-0.2, -0.15) is 0 Å². The number of hydrogen-bond acceptors (Lipinski definition) is 7. The molecule has 0 unspecified atom stereocenters. The van der Waals surface area contributed by atoms with Gasteiger partial charge in [0.05, 0.1) is 13.2 Å². The largest absolute Gasteiger partial charge is 0.469 e. The molecule has 0 aliphatic heterocycles. The number of esters is 1. The molecule has 9 nitrogen and oxygen atoms in total. The van der Waals surface area contributed by atoms with Crippen LogP contribution in [0.1, 0.15) is 135 Å². The van der Waals surface area contributed by atoms with Crippen molar-refractivity contribution in [1.29, 1.82) is 0 Å². The summed E-state index contributed by atoms with van der Waals surface area (Å²) in [5.41, 5.74) is 0. The zero-order valence-electron chi connectivity index (χ0n) is 23.9. The van der Waals surface area contributed by atoms with Gasteiger partial charge in [-0.1, -0.05) is 110 Å². The topological polar surface area (TPSA) is 131 Å². The van der Waals surface area contributed by atoms with Crippen LogP contribution >= 0.6 is 7.82 Å². The molecule has 226 valence electrons. The number of phosphoric ester groups is 1. The molecule has 0 bridgehead atoms. The van der Waals surface area contributed by atoms with Crippen molar-refractivity contribution < 1.29 is 37.9 Å². The van der Waals surface area contributed by atoms with Crippen molar-refractivity contribution in [3.8, 4) is 0 Å². The van der Waals surface area contributed by atoms with Gasteiger partial charge in [0.15, 0.2) is 0 Å². The molecule has 0 saturated carbocycles. The number of carbonyl (C=O) groups is 2. The Morgan fingerprint density at radius 2 is 1.29 bits per heavy atom. The zero-order chi connectivity index (χ0) is 28.2. The first kappa shape index (κ1) is 37.0. The molecule has 3 N–H and O–H groups in total. The SMILES string of the molecule is CCCCCCCCCCCCCC(=O)O[C@@H](CNCCCCCCCCCCOC=O)COP(=O)(O)O. The summed E-state index contributed by atoms with van der Waals surface area (Å²) in [7, 11) is -4.62. The lowest BCUT2D eigenvalue weighted by atomic mass is 10.1. The van der Waals surface area contributed by atoms with E-state index in [1.807, 2.05) is 0 Å². The third-order valence-corrected chi connectivity index (χ3v) is 7.00. The summed E-state index contributed by atoms with van der Waals surface area (Å²) in [6.45, 7) is 3.93. The second-order valence-electron chi connectivity index (χ2n) is 10.2. The summed E-state index contributed by atoms with van der Waals surface area (Å²) >= 11 is 0. The number of rotatable bonds is 30. The highest BCUT2D eigenvalue weighted by atomic mass is 31.2. The molecule has 1 atom stereocenters. The summed E-state index contributed by atoms with van der Waals surface area (Å²) in [5, 5.41) is 3.22. The molecular weight excluding hydrogens is 509 g/mol. The van der Waals surface area contributed by atoms with Gasteiger partial charge in [0.1, 0.15) is 6.10 Å². The maximum absolute atomic E-state index is 12.3. The summed E-state index contributed by atoms with van der Waals surface area (Å²) in [6, 6.07) is 0. The number of unbranched alkanes of at least 4 members (excludes halogenated alkanes) is 17. The molecule has 0 radical (unpaired) electrons. The zero-order valence-corrected chi connectivity index (χ0v) is 24.8. The fourth-order valence-corrected chi connectivity index (χ4v) is 4.66. The van der Waals surface area contributed by atoms with Crippen molar-refractivity contribution in [3.63, 3.8) is 0 Å². The van der Waals surface area contributed by atoms with Crippen LogP contribution in [0.4, 0.5) is 0 Å². The van der Waals surface area contributed by atoms with Gasteiger partial charge >= 0.3 is 13.8 Å². The summed E-state index contributed by atoms with van der Waals surface area (Å²) in [4.78, 5) is 40.3. The lowest BCUT2D eigenvalue weighted by Gasteiger charge is -2.19. The molecule has 0 heterocycles. The van der Waals surface area contributed by atoms with Crippen LogP contribution in [0, 0.1) is 0 Å². The van der Waals surface area contributed by atoms with Crippen molar-refractivity contribution >= 4 is 20.3 Å². The van der Waals surface area contributed by atoms with Crippen LogP contribution in [0.3, 0.4) is 0 Å². The van der Waals surface area contributed by atoms with E-state index >= 15 is 0 Å². The van der Waals surface area contributed by atoms with E-state index in [4.69, 9.17) is 14.5 Å². The molecule has 38 heavy (non-hydrogen) atoms. The summed E-state index contributed by atoms with van der Waals surface area (Å²) in [6.07, 6.45) is 21.5. The smallest absolute Gasteiger partial charge is 0.468 e. The van der Waals surface area contributed by atoms with E-state index in [1.54, 1.807) is 0 Å². The Hall–Kier alpha value is -0.990. The molecular formula is C28H56NO8P. The summed E-state index contributed by atoms with van der Waals surface area (Å²) in [5.74, 6) is -0.347. The van der Waals surface area contributed by atoms with Crippen molar-refractivity contribution in [1.82, 2.24) is 5.32 Å². The van der Waals surface area contributed by atoms with Crippen LogP contribution in [-0.4, -0.2) is 54.6 Å². The monoisotopic (exact) mass is 565 g/mol. The molecule has 0 rings (SSSR count). The van der Waals surface area contributed by atoms with Gasteiger partial charge in [-0.15, -0.1) is 0 Å². The van der Waals surface area contributed by atoms with Gasteiger partial charge in [-0.25, -0.2) is 4.57 Å². The van der Waals surface area contributed by atoms with Crippen molar-refractivity contribution in [3.05, 3.63) is 0 Å². The molecule has 0 saturated heterocycles. The minimum Gasteiger partial charge on any atom is -0.468 e. The fourth-order valence-electron chi connectivity index (χ4n) is 4.30. The lowest BCUT2D eigenvalue weighted by molar-refractivity contribution is -0.150. The number of hydrogen-bond donors (Lipinski definition) is 3. The number of carbonyl (C=O) groups excluding carboxylic acids is 2. The number of phosphoric acid groups is 1. The van der Waals surface area contributed by atoms with Gasteiger partial charge in [-0.05, 0) is 25.8 Å². The number of nitrogens with one attached hydrogen (secondary N) is 1. The van der Waals surface area contributed by atoms with Crippen LogP contribution in [0.2, 0.25) is 0 Å². The Labute approximate surface area is 231 Å². The third kappa shape index (κ3) is 29.6. The first-order valence-corrected chi connectivity index (χ1v) is 16.6. The van der Waals surface area contributed by atoms with Crippen LogP contribution in [-0.2, 0) is 28.2 Å². The molecule has 0 aromatic carbocycles. The highest BCUT2D eigenvalue weighted by Crippen LogP contribution is 2.35. The van der Waals surface area contributed by atoms with E-state index < -0.39 is 13.9 Å². The average Bonchev–Trinajstić information content (AvgIpc) is 2.88. The molecule has 0 amide bonds. The highest BCUT2D eigenvalue weighted by Gasteiger charge is 2.21. The average molecular weight is 566 g/mol. The molecule has 0 fully saturated rings. The van der Waals surface area contributed by atoms with Gasteiger partial charge in [0.2, 0.25) is 0 Å². The first-order valence-electron chi connectivity index (χ1n) is 15.0. The molecule has 0 aliphatic carbocycles. The lowest BCUT2D eigenvalue weighted by Crippen LogP contribution is -2.35. The normalized spacial score (nSPS) is 12.4. The second-order valence-corrected chi connectivity index (χ2v) is 11.4. The van der Waals surface area contributed by atoms with Gasteiger partial charge in [-0.3, -0.25) is 14.1 Å². The molecule has 0 aliphatic rings. The van der Waals surface area contributed by atoms with E-state index in [0.29, 0.717) is 26.0 Å². The predicted octanol–water partition coefficient (Wildman–Crippen LogP) is 6.59. The van der Waals surface area contributed by atoms with Crippen LogP contribution in [0.15, 0.2) is 0 Å². The van der Waals surface area contributed by atoms with E-state index in [2.05, 4.69) is 21.5 Å². The maximum Gasteiger partial charge on any atom is 0.469 e. The van der Waals surface area contributed by atoms with Crippen molar-refractivity contribution in [2.24, 2.45) is 0 Å².